The van der Waals surface area contributed by atoms with Crippen molar-refractivity contribution in [1.29, 1.82) is 0 Å². The van der Waals surface area contributed by atoms with Crippen LogP contribution in [0.15, 0.2) is 35.7 Å². The molecule has 4 nitrogen and oxygen atoms in total. The number of hydrogen-bond acceptors (Lipinski definition) is 5. The molecule has 1 aromatic heterocycles. The van der Waals surface area contributed by atoms with Crippen molar-refractivity contribution in [1.82, 2.24) is 10.2 Å². The van der Waals surface area contributed by atoms with E-state index in [0.717, 1.165) is 44.2 Å². The summed E-state index contributed by atoms with van der Waals surface area (Å²) in [6.07, 6.45) is 0. The molecule has 26 heavy (non-hydrogen) atoms. The van der Waals surface area contributed by atoms with Gasteiger partial charge in [-0.2, -0.15) is 0 Å². The van der Waals surface area contributed by atoms with Crippen LogP contribution < -0.4 is 14.8 Å². The van der Waals surface area contributed by atoms with Crippen LogP contribution in [-0.4, -0.2) is 38.2 Å². The Bertz CT molecular complexity index is 593. The zero-order chi connectivity index (χ0) is 17.2. The first kappa shape index (κ1) is 25.0. The molecule has 0 saturated carbocycles. The second-order valence-electron chi connectivity index (χ2n) is 5.56. The number of halogens is 2. The molecular formula is C19H30Cl2N2O2S. The van der Waals surface area contributed by atoms with Gasteiger partial charge in [0.05, 0.1) is 7.11 Å². The van der Waals surface area contributed by atoms with Gasteiger partial charge in [-0.05, 0) is 42.2 Å². The maximum atomic E-state index is 5.87. The van der Waals surface area contributed by atoms with E-state index in [1.807, 2.05) is 18.2 Å². The summed E-state index contributed by atoms with van der Waals surface area (Å²) in [4.78, 5) is 3.62. The molecule has 0 fully saturated rings. The molecule has 0 amide bonds. The van der Waals surface area contributed by atoms with Crippen LogP contribution in [0.4, 0.5) is 0 Å². The van der Waals surface area contributed by atoms with Crippen LogP contribution in [0.2, 0.25) is 0 Å². The maximum absolute atomic E-state index is 5.87. The molecule has 1 heterocycles. The Balaban J connectivity index is 0.00000312. The van der Waals surface area contributed by atoms with Crippen molar-refractivity contribution in [2.45, 2.75) is 27.0 Å². The van der Waals surface area contributed by atoms with E-state index in [1.54, 1.807) is 18.4 Å². The number of likely N-dealkylation sites (N-methyl/N-ethyl adjacent to an activating group) is 1. The lowest BCUT2D eigenvalue weighted by atomic mass is 10.2. The summed E-state index contributed by atoms with van der Waals surface area (Å²) in [7, 11) is 1.69. The van der Waals surface area contributed by atoms with E-state index in [2.05, 4.69) is 41.6 Å². The van der Waals surface area contributed by atoms with Crippen molar-refractivity contribution in [2.75, 3.05) is 33.3 Å². The third kappa shape index (κ3) is 8.14. The van der Waals surface area contributed by atoms with E-state index < -0.39 is 0 Å². The molecule has 0 spiro atoms. The van der Waals surface area contributed by atoms with Crippen molar-refractivity contribution in [2.24, 2.45) is 0 Å². The minimum Gasteiger partial charge on any atom is -0.493 e. The van der Waals surface area contributed by atoms with E-state index in [-0.39, 0.29) is 24.8 Å². The average Bonchev–Trinajstić information content (AvgIpc) is 3.14. The van der Waals surface area contributed by atoms with Crippen molar-refractivity contribution < 1.29 is 9.47 Å². The van der Waals surface area contributed by atoms with Gasteiger partial charge in [0.25, 0.3) is 0 Å². The number of rotatable bonds is 11. The van der Waals surface area contributed by atoms with Crippen LogP contribution in [0.25, 0.3) is 0 Å². The summed E-state index contributed by atoms with van der Waals surface area (Å²) < 4.78 is 11.3. The molecule has 0 atom stereocenters. The van der Waals surface area contributed by atoms with Gasteiger partial charge in [-0.15, -0.1) is 36.2 Å². The highest BCUT2D eigenvalue weighted by atomic mass is 35.5. The number of nitrogens with one attached hydrogen (secondary N) is 1. The van der Waals surface area contributed by atoms with Gasteiger partial charge < -0.3 is 19.7 Å². The molecule has 148 valence electrons. The third-order valence-electron chi connectivity index (χ3n) is 4.01. The van der Waals surface area contributed by atoms with Gasteiger partial charge in [-0.1, -0.05) is 26.0 Å². The van der Waals surface area contributed by atoms with Crippen LogP contribution in [0.3, 0.4) is 0 Å². The predicted octanol–water partition coefficient (Wildman–Crippen LogP) is 4.61. The summed E-state index contributed by atoms with van der Waals surface area (Å²) in [6, 6.07) is 10.2. The predicted molar refractivity (Wildman–Crippen MR) is 116 cm³/mol. The van der Waals surface area contributed by atoms with Crippen LogP contribution in [0, 0.1) is 0 Å². The van der Waals surface area contributed by atoms with Gasteiger partial charge in [-0.25, -0.2) is 0 Å². The fraction of sp³-hybridized carbons (Fsp3) is 0.474. The second kappa shape index (κ2) is 14.1. The quantitative estimate of drug-likeness (QED) is 0.538. The molecule has 7 heteroatoms. The minimum absolute atomic E-state index is 0. The minimum atomic E-state index is 0. The van der Waals surface area contributed by atoms with E-state index in [9.17, 15) is 0 Å². The van der Waals surface area contributed by atoms with E-state index in [0.29, 0.717) is 6.61 Å². The Kier molecular flexibility index (Phi) is 13.6. The molecule has 2 rings (SSSR count). The van der Waals surface area contributed by atoms with Gasteiger partial charge in [0.15, 0.2) is 11.5 Å². The summed E-state index contributed by atoms with van der Waals surface area (Å²) in [5.41, 5.74) is 1.20. The highest BCUT2D eigenvalue weighted by Gasteiger charge is 2.07. The molecule has 0 aliphatic carbocycles. The van der Waals surface area contributed by atoms with Crippen molar-refractivity contribution >= 4 is 36.2 Å². The number of benzene rings is 1. The topological polar surface area (TPSA) is 33.7 Å². The maximum Gasteiger partial charge on any atom is 0.161 e. The Morgan fingerprint density at radius 1 is 1.08 bits per heavy atom. The fourth-order valence-corrected chi connectivity index (χ4v) is 3.11. The van der Waals surface area contributed by atoms with Gasteiger partial charge in [-0.3, -0.25) is 0 Å². The molecule has 0 radical (unpaired) electrons. The zero-order valence-corrected chi connectivity index (χ0v) is 18.1. The highest BCUT2D eigenvalue weighted by molar-refractivity contribution is 7.09. The molecular weight excluding hydrogens is 391 g/mol. The van der Waals surface area contributed by atoms with Gasteiger partial charge in [0.1, 0.15) is 6.61 Å². The second-order valence-corrected chi connectivity index (χ2v) is 6.59. The van der Waals surface area contributed by atoms with Crippen molar-refractivity contribution in [3.63, 3.8) is 0 Å². The molecule has 2 aromatic rings. The molecule has 0 saturated heterocycles. The van der Waals surface area contributed by atoms with Gasteiger partial charge >= 0.3 is 0 Å². The van der Waals surface area contributed by atoms with Crippen LogP contribution in [0.5, 0.6) is 11.5 Å². The summed E-state index contributed by atoms with van der Waals surface area (Å²) in [5.74, 6) is 1.58. The SMILES string of the molecule is CCN(CC)CCNCc1ccc(OCc2cccs2)c(OC)c1.Cl.Cl. The summed E-state index contributed by atoms with van der Waals surface area (Å²) >= 11 is 1.70. The number of methoxy groups -OCH3 is 1. The zero-order valence-electron chi connectivity index (χ0n) is 15.7. The Hall–Kier alpha value is -0.980. The molecule has 0 aliphatic rings. The number of thiophene rings is 1. The van der Waals surface area contributed by atoms with Crippen molar-refractivity contribution in [3.8, 4) is 11.5 Å². The number of ether oxygens (including phenoxy) is 2. The fourth-order valence-electron chi connectivity index (χ4n) is 2.49. The largest absolute Gasteiger partial charge is 0.493 e. The molecule has 1 N–H and O–H groups in total. The van der Waals surface area contributed by atoms with E-state index >= 15 is 0 Å². The van der Waals surface area contributed by atoms with Crippen LogP contribution >= 0.6 is 36.2 Å². The lowest BCUT2D eigenvalue weighted by Crippen LogP contribution is -2.31. The van der Waals surface area contributed by atoms with Gasteiger partial charge in [0.2, 0.25) is 0 Å². The summed E-state index contributed by atoms with van der Waals surface area (Å²) in [5, 5.41) is 5.55. The first-order chi connectivity index (χ1) is 11.8. The Labute approximate surface area is 173 Å². The standard InChI is InChI=1S/C19H28N2O2S.2ClH/c1-4-21(5-2)11-10-20-14-16-8-9-18(19(13-16)22-3)23-15-17-7-6-12-24-17;;/h6-9,12-13,20H,4-5,10-11,14-15H2,1-3H3;2*1H. The first-order valence-corrected chi connectivity index (χ1v) is 9.40. The average molecular weight is 421 g/mol. The van der Waals surface area contributed by atoms with Gasteiger partial charge in [0, 0.05) is 24.5 Å². The Morgan fingerprint density at radius 3 is 2.46 bits per heavy atom. The summed E-state index contributed by atoms with van der Waals surface area (Å²) in [6.45, 7) is 10.1. The first-order valence-electron chi connectivity index (χ1n) is 8.52. The molecule has 0 bridgehead atoms. The monoisotopic (exact) mass is 420 g/mol. The normalized spacial score (nSPS) is 10.2. The van der Waals surface area contributed by atoms with E-state index in [1.165, 1.54) is 10.4 Å². The lowest BCUT2D eigenvalue weighted by Gasteiger charge is -2.18. The molecule has 0 aliphatic heterocycles. The van der Waals surface area contributed by atoms with Crippen LogP contribution in [-0.2, 0) is 13.2 Å². The van der Waals surface area contributed by atoms with Crippen molar-refractivity contribution in [3.05, 3.63) is 46.2 Å². The number of hydrogen-bond donors (Lipinski definition) is 1. The van der Waals surface area contributed by atoms with E-state index in [4.69, 9.17) is 9.47 Å². The molecule has 0 unspecified atom stereocenters. The highest BCUT2D eigenvalue weighted by Crippen LogP contribution is 2.29. The number of nitrogens with zero attached hydrogens (tertiary/aromatic N) is 1. The smallest absolute Gasteiger partial charge is 0.161 e. The lowest BCUT2D eigenvalue weighted by molar-refractivity contribution is 0.287. The third-order valence-corrected chi connectivity index (χ3v) is 4.86. The molecule has 1 aromatic carbocycles. The van der Waals surface area contributed by atoms with Crippen LogP contribution in [0.1, 0.15) is 24.3 Å². The Morgan fingerprint density at radius 2 is 1.85 bits per heavy atom.